The fraction of sp³-hybridized carbons (Fsp3) is 0.0714. The smallest absolute Gasteiger partial charge is 0.122 e. The second-order valence-electron chi connectivity index (χ2n) is 4.17. The van der Waals surface area contributed by atoms with Gasteiger partial charge in [0.2, 0.25) is 0 Å². The average molecular weight is 272 g/mol. The van der Waals surface area contributed by atoms with Gasteiger partial charge in [-0.3, -0.25) is 10.6 Å². The molecule has 0 aromatic heterocycles. The van der Waals surface area contributed by atoms with Gasteiger partial charge in [0.05, 0.1) is 5.69 Å². The molecule has 0 saturated heterocycles. The number of hydrogen-bond donors (Lipinski definition) is 3. The first kappa shape index (κ1) is 13.9. The Morgan fingerprint density at radius 1 is 1.15 bits per heavy atom. The van der Waals surface area contributed by atoms with E-state index in [0.717, 1.165) is 5.56 Å². The molecule has 6 heteroatoms. The van der Waals surface area contributed by atoms with E-state index >= 15 is 0 Å². The molecule has 0 fully saturated rings. The zero-order chi connectivity index (χ0) is 14.5. The number of hydrogen-bond acceptors (Lipinski definition) is 5. The molecule has 4 N–H and O–H groups in total. The van der Waals surface area contributed by atoms with Gasteiger partial charge in [0.15, 0.2) is 0 Å². The Morgan fingerprint density at radius 3 is 2.25 bits per heavy atom. The summed E-state index contributed by atoms with van der Waals surface area (Å²) in [6.07, 6.45) is 0. The van der Waals surface area contributed by atoms with Crippen LogP contribution in [0.1, 0.15) is 11.1 Å². The summed E-state index contributed by atoms with van der Waals surface area (Å²) in [5, 5.41) is 26.4. The molecular weight excluding hydrogens is 258 g/mol. The van der Waals surface area contributed by atoms with Crippen LogP contribution in [0.25, 0.3) is 0 Å². The van der Waals surface area contributed by atoms with Crippen LogP contribution < -0.4 is 15.7 Å². The summed E-state index contributed by atoms with van der Waals surface area (Å²) in [5.41, 5.74) is 7.11. The standard InChI is InChI=1S/C14H14N3O3/c15-14(16)11-3-1-10(2-4-11)9-20-13-7-5-12(6-8-13)17(18)19/h1-8,18H,9H2,(H3,15,16)/q-1. The lowest BCUT2D eigenvalue weighted by atomic mass is 10.1. The van der Waals surface area contributed by atoms with Crippen LogP contribution in [0.2, 0.25) is 0 Å². The first-order valence-corrected chi connectivity index (χ1v) is 5.88. The van der Waals surface area contributed by atoms with E-state index in [-0.39, 0.29) is 16.7 Å². The van der Waals surface area contributed by atoms with E-state index in [1.165, 1.54) is 12.1 Å². The van der Waals surface area contributed by atoms with E-state index in [1.807, 2.05) is 12.1 Å². The molecule has 0 spiro atoms. The maximum atomic E-state index is 10.6. The van der Waals surface area contributed by atoms with Gasteiger partial charge in [-0.1, -0.05) is 24.3 Å². The van der Waals surface area contributed by atoms with Gasteiger partial charge in [-0.25, -0.2) is 0 Å². The van der Waals surface area contributed by atoms with Crippen molar-refractivity contribution in [2.75, 3.05) is 5.23 Å². The quantitative estimate of drug-likeness (QED) is 0.439. The van der Waals surface area contributed by atoms with Crippen molar-refractivity contribution in [3.8, 4) is 5.75 Å². The molecule has 104 valence electrons. The molecule has 0 aliphatic carbocycles. The summed E-state index contributed by atoms with van der Waals surface area (Å²) in [5.74, 6) is 0.616. The van der Waals surface area contributed by atoms with Gasteiger partial charge < -0.3 is 20.9 Å². The second kappa shape index (κ2) is 6.05. The number of nitrogens with zero attached hydrogens (tertiary/aromatic N) is 1. The van der Waals surface area contributed by atoms with Gasteiger partial charge in [-0.05, 0) is 29.8 Å². The Morgan fingerprint density at radius 2 is 1.75 bits per heavy atom. The highest BCUT2D eigenvalue weighted by molar-refractivity contribution is 5.94. The first-order chi connectivity index (χ1) is 9.56. The van der Waals surface area contributed by atoms with Crippen molar-refractivity contribution in [3.63, 3.8) is 0 Å². The number of rotatable bonds is 5. The molecule has 2 aromatic rings. The third kappa shape index (κ3) is 3.47. The highest BCUT2D eigenvalue weighted by Crippen LogP contribution is 2.18. The van der Waals surface area contributed by atoms with E-state index in [0.29, 0.717) is 17.9 Å². The lowest BCUT2D eigenvalue weighted by Gasteiger charge is -2.21. The molecule has 0 saturated carbocycles. The summed E-state index contributed by atoms with van der Waals surface area (Å²) in [4.78, 5) is 0. The molecule has 0 heterocycles. The van der Waals surface area contributed by atoms with Gasteiger partial charge in [0.1, 0.15) is 18.2 Å². The number of nitrogens with one attached hydrogen (secondary N) is 1. The van der Waals surface area contributed by atoms with Gasteiger partial charge in [-0.2, -0.15) is 0 Å². The fourth-order valence-electron chi connectivity index (χ4n) is 1.62. The molecule has 0 unspecified atom stereocenters. The Bertz CT molecular complexity index is 580. The van der Waals surface area contributed by atoms with E-state index in [2.05, 4.69) is 0 Å². The van der Waals surface area contributed by atoms with Crippen LogP contribution in [0, 0.1) is 10.6 Å². The molecule has 0 aliphatic rings. The number of ether oxygens (including phenoxy) is 1. The van der Waals surface area contributed by atoms with E-state index in [1.54, 1.807) is 24.3 Å². The summed E-state index contributed by atoms with van der Waals surface area (Å²) in [7, 11) is 0. The number of nitrogens with two attached hydrogens (primary N) is 1. The van der Waals surface area contributed by atoms with Crippen molar-refractivity contribution in [1.29, 1.82) is 5.41 Å². The molecule has 20 heavy (non-hydrogen) atoms. The summed E-state index contributed by atoms with van der Waals surface area (Å²) < 4.78 is 5.54. The minimum absolute atomic E-state index is 0.0271. The van der Waals surface area contributed by atoms with Crippen molar-refractivity contribution >= 4 is 11.5 Å². The van der Waals surface area contributed by atoms with Crippen molar-refractivity contribution in [2.45, 2.75) is 6.61 Å². The molecule has 0 radical (unpaired) electrons. The average Bonchev–Trinajstić information content (AvgIpc) is 2.46. The van der Waals surface area contributed by atoms with Gasteiger partial charge in [0.25, 0.3) is 0 Å². The maximum absolute atomic E-state index is 10.6. The second-order valence-corrected chi connectivity index (χ2v) is 4.17. The lowest BCUT2D eigenvalue weighted by molar-refractivity contribution is 0.295. The third-order valence-corrected chi connectivity index (χ3v) is 2.73. The highest BCUT2D eigenvalue weighted by atomic mass is 16.8. The minimum Gasteiger partial charge on any atom is -0.733 e. The first-order valence-electron chi connectivity index (χ1n) is 5.88. The summed E-state index contributed by atoms with van der Waals surface area (Å²) >= 11 is 0. The largest absolute Gasteiger partial charge is 0.733 e. The Labute approximate surface area is 116 Å². The number of anilines is 1. The predicted molar refractivity (Wildman–Crippen MR) is 75.9 cm³/mol. The predicted octanol–water partition coefficient (Wildman–Crippen LogP) is 2.24. The van der Waals surface area contributed by atoms with Crippen LogP contribution >= 0.6 is 0 Å². The van der Waals surface area contributed by atoms with Crippen molar-refractivity contribution in [1.82, 2.24) is 0 Å². The van der Waals surface area contributed by atoms with Crippen molar-refractivity contribution in [3.05, 3.63) is 64.9 Å². The van der Waals surface area contributed by atoms with Gasteiger partial charge >= 0.3 is 0 Å². The molecule has 0 aliphatic heterocycles. The minimum atomic E-state index is -0.204. The van der Waals surface area contributed by atoms with Crippen LogP contribution in [0.15, 0.2) is 48.5 Å². The molecule has 6 nitrogen and oxygen atoms in total. The van der Waals surface area contributed by atoms with Crippen LogP contribution in [0.3, 0.4) is 0 Å². The molecule has 0 atom stereocenters. The summed E-state index contributed by atoms with van der Waals surface area (Å²) in [6.45, 7) is 0.359. The van der Waals surface area contributed by atoms with Gasteiger partial charge in [0, 0.05) is 5.56 Å². The fourth-order valence-corrected chi connectivity index (χ4v) is 1.62. The normalized spacial score (nSPS) is 10.1. The van der Waals surface area contributed by atoms with Crippen LogP contribution in [-0.4, -0.2) is 11.0 Å². The van der Waals surface area contributed by atoms with E-state index in [9.17, 15) is 5.21 Å². The summed E-state index contributed by atoms with van der Waals surface area (Å²) in [6, 6.07) is 13.3. The SMILES string of the molecule is N=C(N)c1ccc(COc2ccc(N([O-])O)cc2)cc1. The third-order valence-electron chi connectivity index (χ3n) is 2.73. The number of benzene rings is 2. The van der Waals surface area contributed by atoms with Gasteiger partial charge in [-0.15, -0.1) is 0 Å². The highest BCUT2D eigenvalue weighted by Gasteiger charge is 1.99. The molecule has 2 aromatic carbocycles. The zero-order valence-electron chi connectivity index (χ0n) is 10.6. The molecule has 0 amide bonds. The molecule has 0 bridgehead atoms. The van der Waals surface area contributed by atoms with Crippen LogP contribution in [0.5, 0.6) is 5.75 Å². The van der Waals surface area contributed by atoms with Crippen molar-refractivity contribution in [2.24, 2.45) is 5.73 Å². The monoisotopic (exact) mass is 272 g/mol. The lowest BCUT2D eigenvalue weighted by Crippen LogP contribution is -2.10. The topological polar surface area (TPSA) is 106 Å². The van der Waals surface area contributed by atoms with E-state index in [4.69, 9.17) is 21.1 Å². The number of nitrogen functional groups attached to an aromatic ring is 1. The molecule has 2 rings (SSSR count). The Kier molecular flexibility index (Phi) is 4.19. The molecular formula is C14H14N3O3-. The Hall–Kier alpha value is -2.57. The van der Waals surface area contributed by atoms with Crippen molar-refractivity contribution < 1.29 is 9.94 Å². The van der Waals surface area contributed by atoms with E-state index < -0.39 is 0 Å². The zero-order valence-corrected chi connectivity index (χ0v) is 10.6. The Balaban J connectivity index is 1.96. The van der Waals surface area contributed by atoms with Crippen LogP contribution in [-0.2, 0) is 6.61 Å². The maximum Gasteiger partial charge on any atom is 0.122 e. The number of amidine groups is 1. The van der Waals surface area contributed by atoms with Crippen LogP contribution in [0.4, 0.5) is 5.69 Å².